The highest BCUT2D eigenvalue weighted by atomic mass is 16.4. The van der Waals surface area contributed by atoms with Crippen molar-refractivity contribution in [2.45, 2.75) is 32.6 Å². The van der Waals surface area contributed by atoms with Gasteiger partial charge in [0.2, 0.25) is 0 Å². The summed E-state index contributed by atoms with van der Waals surface area (Å²) in [5.74, 6) is -0.361. The topological polar surface area (TPSA) is 66.0 Å². The number of rotatable bonds is 4. The van der Waals surface area contributed by atoms with E-state index < -0.39 is 5.97 Å². The van der Waals surface area contributed by atoms with Crippen molar-refractivity contribution in [2.24, 2.45) is 0 Å². The number of carbonyl (C=O) groups is 1. The summed E-state index contributed by atoms with van der Waals surface area (Å²) in [6, 6.07) is 5.96. The molecule has 1 heterocycles. The van der Waals surface area contributed by atoms with Crippen LogP contribution in [0, 0.1) is 0 Å². The van der Waals surface area contributed by atoms with E-state index in [9.17, 15) is 4.79 Å². The van der Waals surface area contributed by atoms with E-state index in [1.807, 2.05) is 18.2 Å². The van der Waals surface area contributed by atoms with E-state index >= 15 is 0 Å². The van der Waals surface area contributed by atoms with E-state index in [4.69, 9.17) is 5.11 Å². The summed E-state index contributed by atoms with van der Waals surface area (Å²) in [5.41, 5.74) is 3.06. The van der Waals surface area contributed by atoms with Gasteiger partial charge >= 0.3 is 5.97 Å². The summed E-state index contributed by atoms with van der Waals surface area (Å²) in [7, 11) is 0. The summed E-state index contributed by atoms with van der Waals surface area (Å²) in [6.45, 7) is 4.23. The summed E-state index contributed by atoms with van der Waals surface area (Å²) in [6.07, 6.45) is 0.710. The zero-order chi connectivity index (χ0) is 12.4. The molecule has 2 aromatic rings. The van der Waals surface area contributed by atoms with Crippen LogP contribution in [0.4, 0.5) is 0 Å². The highest BCUT2D eigenvalue weighted by Crippen LogP contribution is 2.23. The highest BCUT2D eigenvalue weighted by molar-refractivity contribution is 5.82. The first-order valence-corrected chi connectivity index (χ1v) is 5.76. The van der Waals surface area contributed by atoms with Crippen molar-refractivity contribution in [3.63, 3.8) is 0 Å². The predicted octanol–water partition coefficient (Wildman–Crippen LogP) is 2.70. The van der Waals surface area contributed by atoms with Crippen LogP contribution < -0.4 is 0 Å². The fourth-order valence-electron chi connectivity index (χ4n) is 1.93. The summed E-state index contributed by atoms with van der Waals surface area (Å²) in [4.78, 5) is 10.5. The molecule has 0 aliphatic rings. The molecule has 0 unspecified atom stereocenters. The van der Waals surface area contributed by atoms with Gasteiger partial charge in [-0.05, 0) is 24.0 Å². The Morgan fingerprint density at radius 1 is 1.47 bits per heavy atom. The van der Waals surface area contributed by atoms with E-state index in [1.54, 1.807) is 0 Å². The van der Waals surface area contributed by atoms with Gasteiger partial charge in [0.25, 0.3) is 0 Å². The number of hydrogen-bond donors (Lipinski definition) is 2. The second-order valence-corrected chi connectivity index (χ2v) is 4.54. The average molecular weight is 232 g/mol. The number of aryl methyl sites for hydroxylation is 1. The number of hydrogen-bond acceptors (Lipinski definition) is 2. The Balaban J connectivity index is 2.29. The Labute approximate surface area is 99.7 Å². The summed E-state index contributed by atoms with van der Waals surface area (Å²) in [5, 5.41) is 17.1. The van der Waals surface area contributed by atoms with Crippen LogP contribution in [0.5, 0.6) is 0 Å². The molecule has 0 atom stereocenters. The predicted molar refractivity (Wildman–Crippen MR) is 66.1 cm³/mol. The van der Waals surface area contributed by atoms with Crippen molar-refractivity contribution in [1.29, 1.82) is 0 Å². The second-order valence-electron chi connectivity index (χ2n) is 4.54. The van der Waals surface area contributed by atoms with Gasteiger partial charge < -0.3 is 5.11 Å². The van der Waals surface area contributed by atoms with Crippen molar-refractivity contribution < 1.29 is 9.90 Å². The standard InChI is InChI=1S/C13H16N2O2/c1-8(2)13-10-5-3-9(4-6-12(16)17)7-11(10)14-15-13/h3,5,7-8H,4,6H2,1-2H3,(H,14,15)(H,16,17). The van der Waals surface area contributed by atoms with E-state index in [0.717, 1.165) is 22.2 Å². The number of H-pyrrole nitrogens is 1. The quantitative estimate of drug-likeness (QED) is 0.851. The van der Waals surface area contributed by atoms with Crippen LogP contribution >= 0.6 is 0 Å². The Morgan fingerprint density at radius 3 is 2.88 bits per heavy atom. The molecule has 0 saturated carbocycles. The van der Waals surface area contributed by atoms with Crippen LogP contribution in [0.25, 0.3) is 10.9 Å². The first kappa shape index (κ1) is 11.6. The molecule has 4 nitrogen and oxygen atoms in total. The van der Waals surface area contributed by atoms with Crippen molar-refractivity contribution in [3.05, 3.63) is 29.5 Å². The number of carboxylic acids is 1. The van der Waals surface area contributed by atoms with Gasteiger partial charge in [0, 0.05) is 17.5 Å². The zero-order valence-corrected chi connectivity index (χ0v) is 10.0. The highest BCUT2D eigenvalue weighted by Gasteiger charge is 2.09. The third kappa shape index (κ3) is 2.46. The Kier molecular flexibility index (Phi) is 3.13. The van der Waals surface area contributed by atoms with Crippen LogP contribution in [0.15, 0.2) is 18.2 Å². The molecule has 4 heteroatoms. The molecule has 0 aliphatic heterocycles. The first-order chi connectivity index (χ1) is 8.08. The summed E-state index contributed by atoms with van der Waals surface area (Å²) < 4.78 is 0. The van der Waals surface area contributed by atoms with E-state index in [1.165, 1.54) is 0 Å². The minimum Gasteiger partial charge on any atom is -0.481 e. The van der Waals surface area contributed by atoms with Gasteiger partial charge in [-0.3, -0.25) is 9.89 Å². The molecule has 0 spiro atoms. The fourth-order valence-corrected chi connectivity index (χ4v) is 1.93. The molecule has 0 aliphatic carbocycles. The van der Waals surface area contributed by atoms with Crippen molar-refractivity contribution in [3.8, 4) is 0 Å². The zero-order valence-electron chi connectivity index (χ0n) is 10.0. The number of nitrogens with one attached hydrogen (secondary N) is 1. The monoisotopic (exact) mass is 232 g/mol. The molecule has 0 radical (unpaired) electrons. The molecular weight excluding hydrogens is 216 g/mol. The minimum absolute atomic E-state index is 0.160. The molecule has 1 aromatic heterocycles. The maximum absolute atomic E-state index is 10.5. The third-order valence-corrected chi connectivity index (χ3v) is 2.85. The third-order valence-electron chi connectivity index (χ3n) is 2.85. The lowest BCUT2D eigenvalue weighted by Gasteiger charge is -2.02. The smallest absolute Gasteiger partial charge is 0.303 e. The number of carboxylic acid groups (broad SMARTS) is 1. The van der Waals surface area contributed by atoms with Crippen LogP contribution in [-0.4, -0.2) is 21.3 Å². The van der Waals surface area contributed by atoms with Gasteiger partial charge in [-0.25, -0.2) is 0 Å². The molecule has 90 valence electrons. The number of aromatic amines is 1. The Bertz CT molecular complexity index is 543. The van der Waals surface area contributed by atoms with E-state index in [-0.39, 0.29) is 6.42 Å². The molecule has 0 fully saturated rings. The van der Waals surface area contributed by atoms with Crippen LogP contribution in [0.3, 0.4) is 0 Å². The average Bonchev–Trinajstić information content (AvgIpc) is 2.69. The minimum atomic E-state index is -0.769. The van der Waals surface area contributed by atoms with Crippen molar-refractivity contribution in [2.75, 3.05) is 0 Å². The lowest BCUT2D eigenvalue weighted by Crippen LogP contribution is -1.97. The number of nitrogens with zero attached hydrogens (tertiary/aromatic N) is 1. The Morgan fingerprint density at radius 2 is 2.24 bits per heavy atom. The van der Waals surface area contributed by atoms with Gasteiger partial charge in [-0.15, -0.1) is 0 Å². The molecule has 0 bridgehead atoms. The SMILES string of the molecule is CC(C)c1[nH]nc2cc(CCC(=O)O)ccc12. The van der Waals surface area contributed by atoms with Gasteiger partial charge in [0.15, 0.2) is 0 Å². The van der Waals surface area contributed by atoms with Gasteiger partial charge in [0.05, 0.1) is 5.52 Å². The maximum atomic E-state index is 10.5. The number of fused-ring (bicyclic) bond motifs is 1. The largest absolute Gasteiger partial charge is 0.481 e. The molecule has 17 heavy (non-hydrogen) atoms. The molecule has 0 saturated heterocycles. The van der Waals surface area contributed by atoms with Gasteiger partial charge in [-0.1, -0.05) is 26.0 Å². The molecule has 1 aromatic carbocycles. The molecule has 0 amide bonds. The number of benzene rings is 1. The summed E-state index contributed by atoms with van der Waals surface area (Å²) >= 11 is 0. The fraction of sp³-hybridized carbons (Fsp3) is 0.385. The number of aromatic nitrogens is 2. The molecule has 2 N–H and O–H groups in total. The van der Waals surface area contributed by atoms with Crippen LogP contribution in [0.1, 0.15) is 37.4 Å². The molecule has 2 rings (SSSR count). The first-order valence-electron chi connectivity index (χ1n) is 5.76. The maximum Gasteiger partial charge on any atom is 0.303 e. The van der Waals surface area contributed by atoms with E-state index in [0.29, 0.717) is 12.3 Å². The van der Waals surface area contributed by atoms with Crippen molar-refractivity contribution >= 4 is 16.9 Å². The van der Waals surface area contributed by atoms with Crippen LogP contribution in [-0.2, 0) is 11.2 Å². The second kappa shape index (κ2) is 4.57. The Hall–Kier alpha value is -1.84. The van der Waals surface area contributed by atoms with Gasteiger partial charge in [-0.2, -0.15) is 5.10 Å². The van der Waals surface area contributed by atoms with Crippen LogP contribution in [0.2, 0.25) is 0 Å². The van der Waals surface area contributed by atoms with E-state index in [2.05, 4.69) is 24.0 Å². The van der Waals surface area contributed by atoms with Gasteiger partial charge in [0.1, 0.15) is 0 Å². The normalized spacial score (nSPS) is 11.2. The lowest BCUT2D eigenvalue weighted by molar-refractivity contribution is -0.136. The lowest BCUT2D eigenvalue weighted by atomic mass is 10.0. The molecular formula is C13H16N2O2. The number of aliphatic carboxylic acids is 1. The van der Waals surface area contributed by atoms with Crippen molar-refractivity contribution in [1.82, 2.24) is 10.2 Å².